The van der Waals surface area contributed by atoms with Crippen LogP contribution in [0.25, 0.3) is 11.3 Å². The number of carbonyl (C=O) groups is 1. The third-order valence-corrected chi connectivity index (χ3v) is 8.46. The minimum atomic E-state index is -1.17. The molecule has 1 atom stereocenters. The molecule has 0 bridgehead atoms. The zero-order valence-electron chi connectivity index (χ0n) is 22.7. The van der Waals surface area contributed by atoms with Gasteiger partial charge < -0.3 is 25.8 Å². The van der Waals surface area contributed by atoms with Crippen LogP contribution in [0.3, 0.4) is 0 Å². The highest BCUT2D eigenvalue weighted by Crippen LogP contribution is 2.41. The Balaban J connectivity index is 1.48. The number of hydrogen-bond acceptors (Lipinski definition) is 7. The number of nitrogens with two attached hydrogens (primary N) is 1. The predicted molar refractivity (Wildman–Crippen MR) is 157 cm³/mol. The first-order valence-electron chi connectivity index (χ1n) is 12.9. The molecule has 1 amide bonds. The van der Waals surface area contributed by atoms with E-state index in [2.05, 4.69) is 15.2 Å². The summed E-state index contributed by atoms with van der Waals surface area (Å²) in [5.74, 6) is -1.45. The Labute approximate surface area is 245 Å². The van der Waals surface area contributed by atoms with Gasteiger partial charge in [0.25, 0.3) is 5.91 Å². The molecular weight excluding hydrogens is 570 g/mol. The van der Waals surface area contributed by atoms with E-state index in [9.17, 15) is 18.7 Å². The van der Waals surface area contributed by atoms with Crippen molar-refractivity contribution in [1.82, 2.24) is 9.88 Å². The number of nitrogen functional groups attached to an aromatic ring is 1. The molecule has 3 heterocycles. The molecule has 5 rings (SSSR count). The highest BCUT2D eigenvalue weighted by molar-refractivity contribution is 7.14. The first-order chi connectivity index (χ1) is 19.4. The highest BCUT2D eigenvalue weighted by Gasteiger charge is 2.41. The Bertz CT molecular complexity index is 1580. The average Bonchev–Trinajstić information content (AvgIpc) is 3.25. The number of ether oxygens (including phenoxy) is 1. The van der Waals surface area contributed by atoms with Gasteiger partial charge in [0.15, 0.2) is 0 Å². The number of rotatable bonds is 8. The van der Waals surface area contributed by atoms with Gasteiger partial charge in [0, 0.05) is 63.7 Å². The molecule has 11 heteroatoms. The molecule has 1 saturated heterocycles. The SMILES string of the molecule is Cc1sc(C(=O)Nc2cc(N)cc(Cl)c2)cc1-c1ncc(C(C)(O)C2CN(C)C2)cc1OCc1cc(F)cc(F)c1. The van der Waals surface area contributed by atoms with Crippen LogP contribution in [0, 0.1) is 24.5 Å². The van der Waals surface area contributed by atoms with Crippen molar-refractivity contribution in [3.63, 3.8) is 0 Å². The molecule has 1 fully saturated rings. The number of carbonyl (C=O) groups excluding carboxylic acids is 1. The normalized spacial score (nSPS) is 15.3. The molecule has 0 spiro atoms. The van der Waals surface area contributed by atoms with Crippen LogP contribution < -0.4 is 15.8 Å². The maximum Gasteiger partial charge on any atom is 0.265 e. The minimum absolute atomic E-state index is 0.00373. The fourth-order valence-electron chi connectivity index (χ4n) is 4.89. The van der Waals surface area contributed by atoms with Crippen molar-refractivity contribution in [2.45, 2.75) is 26.1 Å². The van der Waals surface area contributed by atoms with Crippen LogP contribution in [0.2, 0.25) is 5.02 Å². The molecule has 2 aromatic carbocycles. The number of thiophene rings is 1. The van der Waals surface area contributed by atoms with Gasteiger partial charge in [-0.15, -0.1) is 11.3 Å². The lowest BCUT2D eigenvalue weighted by molar-refractivity contribution is -0.0713. The minimum Gasteiger partial charge on any atom is -0.487 e. The quantitative estimate of drug-likeness (QED) is 0.208. The fourth-order valence-corrected chi connectivity index (χ4v) is 6.04. The number of amides is 1. The monoisotopic (exact) mass is 598 g/mol. The molecule has 4 aromatic rings. The van der Waals surface area contributed by atoms with Crippen molar-refractivity contribution >= 4 is 40.2 Å². The summed E-state index contributed by atoms with van der Waals surface area (Å²) in [6.07, 6.45) is 1.61. The number of likely N-dealkylation sites (tertiary alicyclic amines) is 1. The number of aromatic nitrogens is 1. The summed E-state index contributed by atoms with van der Waals surface area (Å²) in [4.78, 5) is 21.1. The zero-order chi connectivity index (χ0) is 29.5. The molecule has 0 aliphatic carbocycles. The number of hydrogen-bond donors (Lipinski definition) is 3. The van der Waals surface area contributed by atoms with E-state index in [4.69, 9.17) is 22.1 Å². The Hall–Kier alpha value is -3.57. The second-order valence-electron chi connectivity index (χ2n) is 10.5. The summed E-state index contributed by atoms with van der Waals surface area (Å²) in [5.41, 5.74) is 7.51. The van der Waals surface area contributed by atoms with E-state index >= 15 is 0 Å². The van der Waals surface area contributed by atoms with E-state index in [0.29, 0.717) is 49.4 Å². The first-order valence-corrected chi connectivity index (χ1v) is 14.1. The molecule has 2 aromatic heterocycles. The number of benzene rings is 2. The lowest BCUT2D eigenvalue weighted by atomic mass is 9.79. The molecule has 1 aliphatic rings. The summed E-state index contributed by atoms with van der Waals surface area (Å²) in [7, 11) is 1.98. The number of nitrogens with one attached hydrogen (secondary N) is 1. The van der Waals surface area contributed by atoms with Crippen LogP contribution in [0.1, 0.15) is 32.6 Å². The number of aliphatic hydroxyl groups is 1. The van der Waals surface area contributed by atoms with E-state index in [-0.39, 0.29) is 18.4 Å². The van der Waals surface area contributed by atoms with E-state index in [0.717, 1.165) is 24.0 Å². The van der Waals surface area contributed by atoms with Crippen LogP contribution in [0.15, 0.2) is 54.7 Å². The summed E-state index contributed by atoms with van der Waals surface area (Å²) < 4.78 is 33.7. The van der Waals surface area contributed by atoms with E-state index < -0.39 is 17.2 Å². The third kappa shape index (κ3) is 6.36. The van der Waals surface area contributed by atoms with Crippen LogP contribution in [0.4, 0.5) is 20.2 Å². The molecule has 41 heavy (non-hydrogen) atoms. The molecule has 4 N–H and O–H groups in total. The predicted octanol–water partition coefficient (Wildman–Crippen LogP) is 6.23. The molecule has 0 saturated carbocycles. The van der Waals surface area contributed by atoms with Gasteiger partial charge in [-0.3, -0.25) is 9.78 Å². The Morgan fingerprint density at radius 1 is 1.20 bits per heavy atom. The van der Waals surface area contributed by atoms with Crippen molar-refractivity contribution in [1.29, 1.82) is 0 Å². The van der Waals surface area contributed by atoms with E-state index in [1.165, 1.54) is 23.5 Å². The summed E-state index contributed by atoms with van der Waals surface area (Å²) >= 11 is 7.34. The van der Waals surface area contributed by atoms with Crippen molar-refractivity contribution in [3.8, 4) is 17.0 Å². The number of aryl methyl sites for hydroxylation is 1. The average molecular weight is 599 g/mol. The van der Waals surface area contributed by atoms with Crippen molar-refractivity contribution in [2.24, 2.45) is 5.92 Å². The fraction of sp³-hybridized carbons (Fsp3) is 0.267. The second kappa shape index (κ2) is 11.4. The second-order valence-corrected chi connectivity index (χ2v) is 12.2. The Morgan fingerprint density at radius 3 is 2.56 bits per heavy atom. The van der Waals surface area contributed by atoms with Gasteiger partial charge in [-0.1, -0.05) is 11.6 Å². The first kappa shape index (κ1) is 28.9. The number of nitrogens with zero attached hydrogens (tertiary/aromatic N) is 2. The largest absolute Gasteiger partial charge is 0.487 e. The lowest BCUT2D eigenvalue weighted by Crippen LogP contribution is -2.53. The summed E-state index contributed by atoms with van der Waals surface area (Å²) in [5, 5.41) is 14.6. The summed E-state index contributed by atoms with van der Waals surface area (Å²) in [6.45, 7) is 4.93. The smallest absolute Gasteiger partial charge is 0.265 e. The van der Waals surface area contributed by atoms with Gasteiger partial charge in [-0.05, 0) is 68.9 Å². The van der Waals surface area contributed by atoms with Crippen molar-refractivity contribution in [2.75, 3.05) is 31.2 Å². The maximum atomic E-state index is 13.8. The van der Waals surface area contributed by atoms with Crippen molar-refractivity contribution in [3.05, 3.63) is 92.3 Å². The van der Waals surface area contributed by atoms with Gasteiger partial charge >= 0.3 is 0 Å². The van der Waals surface area contributed by atoms with Gasteiger partial charge in [0.1, 0.15) is 29.7 Å². The van der Waals surface area contributed by atoms with Gasteiger partial charge in [0.2, 0.25) is 0 Å². The zero-order valence-corrected chi connectivity index (χ0v) is 24.2. The Kier molecular flexibility index (Phi) is 8.02. The van der Waals surface area contributed by atoms with Crippen LogP contribution in [0.5, 0.6) is 5.75 Å². The molecule has 7 nitrogen and oxygen atoms in total. The topological polar surface area (TPSA) is 101 Å². The van der Waals surface area contributed by atoms with Crippen LogP contribution in [-0.4, -0.2) is 41.0 Å². The maximum absolute atomic E-state index is 13.8. The number of pyridine rings is 1. The lowest BCUT2D eigenvalue weighted by Gasteiger charge is -2.45. The number of halogens is 3. The van der Waals surface area contributed by atoms with Crippen LogP contribution >= 0.6 is 22.9 Å². The molecular formula is C30H29ClF2N4O3S. The van der Waals surface area contributed by atoms with Gasteiger partial charge in [-0.25, -0.2) is 8.78 Å². The molecule has 0 radical (unpaired) electrons. The molecule has 214 valence electrons. The number of anilines is 2. The van der Waals surface area contributed by atoms with E-state index in [1.54, 1.807) is 43.5 Å². The summed E-state index contributed by atoms with van der Waals surface area (Å²) in [6, 6.07) is 11.4. The standard InChI is InChI=1S/C30H29ClF2N4O3S/c1-16-25(11-27(41-16)29(38)36-24-8-20(31)7-23(34)10-24)28-26(40-15-17-4-21(32)9-22(33)5-17)6-18(12-35-28)30(2,39)19-13-37(3)14-19/h4-12,19,39H,13-15,34H2,1-3H3,(H,36,38). The van der Waals surface area contributed by atoms with Crippen molar-refractivity contribution < 1.29 is 23.4 Å². The highest BCUT2D eigenvalue weighted by atomic mass is 35.5. The van der Waals surface area contributed by atoms with E-state index in [1.807, 2.05) is 14.0 Å². The van der Waals surface area contributed by atoms with Gasteiger partial charge in [0.05, 0.1) is 10.5 Å². The molecule has 1 unspecified atom stereocenters. The third-order valence-electron chi connectivity index (χ3n) is 7.19. The van der Waals surface area contributed by atoms with Crippen LogP contribution in [-0.2, 0) is 12.2 Å². The Morgan fingerprint density at radius 2 is 1.90 bits per heavy atom. The van der Waals surface area contributed by atoms with Gasteiger partial charge in [-0.2, -0.15) is 0 Å². The molecule has 1 aliphatic heterocycles.